The van der Waals surface area contributed by atoms with E-state index in [9.17, 15) is 23.5 Å². The molecule has 0 radical (unpaired) electrons. The number of ether oxygens (including phenoxy) is 1. The average molecular weight is 399 g/mol. The lowest BCUT2D eigenvalue weighted by atomic mass is 9.96. The van der Waals surface area contributed by atoms with Gasteiger partial charge in [0.1, 0.15) is 11.9 Å². The molecule has 0 unspecified atom stereocenters. The third-order valence-corrected chi connectivity index (χ3v) is 5.37. The molecule has 1 aromatic heterocycles. The second-order valence-electron chi connectivity index (χ2n) is 7.25. The molecule has 1 saturated carbocycles. The first kappa shape index (κ1) is 19.1. The highest BCUT2D eigenvalue weighted by Crippen LogP contribution is 2.33. The van der Waals surface area contributed by atoms with Crippen LogP contribution in [0.1, 0.15) is 40.9 Å². The van der Waals surface area contributed by atoms with Crippen molar-refractivity contribution < 1.29 is 28.2 Å². The number of carbonyl (C=O) groups is 2. The Labute approximate surface area is 165 Å². The summed E-state index contributed by atoms with van der Waals surface area (Å²) >= 11 is 0. The van der Waals surface area contributed by atoms with E-state index in [1.165, 1.54) is 22.8 Å². The van der Waals surface area contributed by atoms with Crippen LogP contribution in [0.4, 0.5) is 8.78 Å². The first-order chi connectivity index (χ1) is 13.8. The van der Waals surface area contributed by atoms with Gasteiger partial charge in [-0.15, -0.1) is 0 Å². The summed E-state index contributed by atoms with van der Waals surface area (Å²) in [6.07, 6.45) is 2.51. The minimum atomic E-state index is -0.883. The number of phenols is 1. The lowest BCUT2D eigenvalue weighted by Crippen LogP contribution is -2.26. The largest absolute Gasteiger partial charge is 0.505 e. The molecule has 150 valence electrons. The maximum absolute atomic E-state index is 14.1. The molecule has 1 aliphatic rings. The molecule has 2 aromatic carbocycles. The molecule has 29 heavy (non-hydrogen) atoms. The average Bonchev–Trinajstić information content (AvgIpc) is 2.90. The fourth-order valence-corrected chi connectivity index (χ4v) is 3.56. The Morgan fingerprint density at radius 2 is 1.86 bits per heavy atom. The lowest BCUT2D eigenvalue weighted by Gasteiger charge is -2.25. The van der Waals surface area contributed by atoms with E-state index in [1.807, 2.05) is 0 Å². The standard InChI is InChI=1S/C22H19F2NO4/c1-12-16(10-21(27)29-15-3-2-4-15)17-9-20(26)18(24)11-19(17)25(12)22(28)13-5-7-14(23)8-6-13/h5-9,11,15,26H,2-4,10H2,1H3. The number of phenolic OH excluding ortho intramolecular Hbond substituents is 1. The predicted molar refractivity (Wildman–Crippen MR) is 102 cm³/mol. The van der Waals surface area contributed by atoms with Crippen molar-refractivity contribution in [1.29, 1.82) is 0 Å². The minimum absolute atomic E-state index is 0.0807. The molecule has 1 aliphatic carbocycles. The van der Waals surface area contributed by atoms with Gasteiger partial charge in [-0.05, 0) is 62.1 Å². The third-order valence-electron chi connectivity index (χ3n) is 5.37. The topological polar surface area (TPSA) is 68.5 Å². The van der Waals surface area contributed by atoms with Crippen molar-refractivity contribution >= 4 is 22.8 Å². The molecule has 0 saturated heterocycles. The van der Waals surface area contributed by atoms with E-state index in [1.54, 1.807) is 6.92 Å². The number of esters is 1. The molecule has 1 heterocycles. The minimum Gasteiger partial charge on any atom is -0.505 e. The molecule has 4 rings (SSSR count). The number of halogens is 2. The van der Waals surface area contributed by atoms with Crippen molar-refractivity contribution in [2.24, 2.45) is 0 Å². The van der Waals surface area contributed by atoms with Crippen LogP contribution >= 0.6 is 0 Å². The summed E-state index contributed by atoms with van der Waals surface area (Å²) in [4.78, 5) is 25.4. The second-order valence-corrected chi connectivity index (χ2v) is 7.25. The van der Waals surface area contributed by atoms with Gasteiger partial charge in [0.25, 0.3) is 5.91 Å². The highest BCUT2D eigenvalue weighted by Gasteiger charge is 2.26. The second kappa shape index (κ2) is 7.31. The molecule has 1 N–H and O–H groups in total. The van der Waals surface area contributed by atoms with Crippen molar-refractivity contribution in [3.8, 4) is 5.75 Å². The first-order valence-electron chi connectivity index (χ1n) is 9.37. The van der Waals surface area contributed by atoms with Crippen LogP contribution in [0.5, 0.6) is 5.75 Å². The van der Waals surface area contributed by atoms with E-state index in [0.717, 1.165) is 37.5 Å². The van der Waals surface area contributed by atoms with Crippen LogP contribution in [0.2, 0.25) is 0 Å². The number of hydrogen-bond acceptors (Lipinski definition) is 4. The van der Waals surface area contributed by atoms with Crippen molar-refractivity contribution in [3.63, 3.8) is 0 Å². The number of aromatic hydroxyl groups is 1. The van der Waals surface area contributed by atoms with Gasteiger partial charge in [-0.3, -0.25) is 14.2 Å². The maximum Gasteiger partial charge on any atom is 0.310 e. The fraction of sp³-hybridized carbons (Fsp3) is 0.273. The van der Waals surface area contributed by atoms with Crippen LogP contribution < -0.4 is 0 Å². The van der Waals surface area contributed by atoms with Gasteiger partial charge in [0.2, 0.25) is 0 Å². The Kier molecular flexibility index (Phi) is 4.82. The van der Waals surface area contributed by atoms with E-state index < -0.39 is 29.3 Å². The zero-order valence-electron chi connectivity index (χ0n) is 15.7. The smallest absolute Gasteiger partial charge is 0.310 e. The Morgan fingerprint density at radius 1 is 1.17 bits per heavy atom. The molecule has 0 spiro atoms. The van der Waals surface area contributed by atoms with E-state index in [0.29, 0.717) is 16.6 Å². The molecular weight excluding hydrogens is 380 g/mol. The Bertz CT molecular complexity index is 1110. The van der Waals surface area contributed by atoms with E-state index in [4.69, 9.17) is 4.74 Å². The van der Waals surface area contributed by atoms with Gasteiger partial charge in [0.05, 0.1) is 11.9 Å². The number of benzene rings is 2. The highest BCUT2D eigenvalue weighted by molar-refractivity contribution is 6.05. The molecular formula is C22H19F2NO4. The zero-order valence-corrected chi connectivity index (χ0v) is 15.7. The van der Waals surface area contributed by atoms with Gasteiger partial charge in [-0.2, -0.15) is 0 Å². The molecule has 3 aromatic rings. The number of aromatic nitrogens is 1. The van der Waals surface area contributed by atoms with Crippen LogP contribution in [0.3, 0.4) is 0 Å². The summed E-state index contributed by atoms with van der Waals surface area (Å²) in [5.74, 6) is -2.86. The van der Waals surface area contributed by atoms with Gasteiger partial charge in [0, 0.05) is 22.7 Å². The van der Waals surface area contributed by atoms with Crippen molar-refractivity contribution in [3.05, 3.63) is 64.9 Å². The van der Waals surface area contributed by atoms with Crippen LogP contribution in [0.15, 0.2) is 36.4 Å². The van der Waals surface area contributed by atoms with Crippen LogP contribution in [0.25, 0.3) is 10.9 Å². The van der Waals surface area contributed by atoms with Gasteiger partial charge < -0.3 is 9.84 Å². The molecule has 5 nitrogen and oxygen atoms in total. The highest BCUT2D eigenvalue weighted by atomic mass is 19.1. The van der Waals surface area contributed by atoms with Gasteiger partial charge in [-0.25, -0.2) is 8.78 Å². The van der Waals surface area contributed by atoms with E-state index >= 15 is 0 Å². The first-order valence-corrected chi connectivity index (χ1v) is 9.37. The van der Waals surface area contributed by atoms with Gasteiger partial charge in [-0.1, -0.05) is 0 Å². The van der Waals surface area contributed by atoms with Crippen molar-refractivity contribution in [1.82, 2.24) is 4.57 Å². The quantitative estimate of drug-likeness (QED) is 0.666. The van der Waals surface area contributed by atoms with Gasteiger partial charge >= 0.3 is 5.97 Å². The summed E-state index contributed by atoms with van der Waals surface area (Å²) < 4.78 is 34.0. The van der Waals surface area contributed by atoms with Crippen LogP contribution in [0, 0.1) is 18.6 Å². The van der Waals surface area contributed by atoms with Crippen molar-refractivity contribution in [2.75, 3.05) is 0 Å². The predicted octanol–water partition coefficient (Wildman–Crippen LogP) is 4.26. The summed E-state index contributed by atoms with van der Waals surface area (Å²) in [7, 11) is 0. The van der Waals surface area contributed by atoms with Crippen LogP contribution in [-0.4, -0.2) is 27.7 Å². The zero-order chi connectivity index (χ0) is 20.7. The molecule has 0 bridgehead atoms. The Balaban J connectivity index is 1.80. The third kappa shape index (κ3) is 3.48. The summed E-state index contributed by atoms with van der Waals surface area (Å²) in [6.45, 7) is 1.64. The number of rotatable bonds is 4. The van der Waals surface area contributed by atoms with Crippen LogP contribution in [-0.2, 0) is 16.0 Å². The normalized spacial score (nSPS) is 14.0. The number of fused-ring (bicyclic) bond motifs is 1. The van der Waals surface area contributed by atoms with E-state index in [2.05, 4.69) is 0 Å². The van der Waals surface area contributed by atoms with Crippen molar-refractivity contribution in [2.45, 2.75) is 38.7 Å². The fourth-order valence-electron chi connectivity index (χ4n) is 3.56. The summed E-state index contributed by atoms with van der Waals surface area (Å²) in [5.41, 5.74) is 1.35. The monoisotopic (exact) mass is 399 g/mol. The van der Waals surface area contributed by atoms with Gasteiger partial charge in [0.15, 0.2) is 11.6 Å². The number of hydrogen-bond donors (Lipinski definition) is 1. The maximum atomic E-state index is 14.1. The molecule has 0 aliphatic heterocycles. The lowest BCUT2D eigenvalue weighted by molar-refractivity contribution is -0.152. The summed E-state index contributed by atoms with van der Waals surface area (Å²) in [5, 5.41) is 10.2. The molecule has 0 atom stereocenters. The number of nitrogens with zero attached hydrogens (tertiary/aromatic N) is 1. The SMILES string of the molecule is Cc1c(CC(=O)OC2CCC2)c2cc(O)c(F)cc2n1C(=O)c1ccc(F)cc1. The van der Waals surface area contributed by atoms with E-state index in [-0.39, 0.29) is 23.6 Å². The Morgan fingerprint density at radius 3 is 2.48 bits per heavy atom. The molecule has 1 fully saturated rings. The Hall–Kier alpha value is -3.22. The molecule has 7 heteroatoms. The number of carbonyl (C=O) groups excluding carboxylic acids is 2. The molecule has 0 amide bonds. The summed E-state index contributed by atoms with van der Waals surface area (Å²) in [6, 6.07) is 7.27.